The smallest absolute Gasteiger partial charge is 0.270 e. The van der Waals surface area contributed by atoms with Crippen LogP contribution in [0.4, 0.5) is 11.4 Å². The predicted molar refractivity (Wildman–Crippen MR) is 99.5 cm³/mol. The summed E-state index contributed by atoms with van der Waals surface area (Å²) in [4.78, 5) is 22.6. The Morgan fingerprint density at radius 2 is 1.89 bits per heavy atom. The van der Waals surface area contributed by atoms with Crippen LogP contribution >= 0.6 is 0 Å². The quantitative estimate of drug-likeness (QED) is 0.314. The lowest BCUT2D eigenvalue weighted by Crippen LogP contribution is -2.13. The van der Waals surface area contributed by atoms with Crippen LogP contribution in [0.25, 0.3) is 17.4 Å². The van der Waals surface area contributed by atoms with Crippen molar-refractivity contribution >= 4 is 23.4 Å². The van der Waals surface area contributed by atoms with Crippen LogP contribution < -0.4 is 5.32 Å². The minimum Gasteiger partial charge on any atom is -0.457 e. The van der Waals surface area contributed by atoms with Gasteiger partial charge in [-0.3, -0.25) is 14.9 Å². The fourth-order valence-electron chi connectivity index (χ4n) is 2.37. The van der Waals surface area contributed by atoms with Crippen molar-refractivity contribution in [1.29, 1.82) is 5.26 Å². The normalized spacial score (nSPS) is 10.9. The Bertz CT molecular complexity index is 1060. The lowest BCUT2D eigenvalue weighted by molar-refractivity contribution is -0.384. The number of carbonyl (C=O) groups is 1. The van der Waals surface area contributed by atoms with E-state index in [0.717, 1.165) is 0 Å². The number of amides is 1. The Kier molecular flexibility index (Phi) is 5.10. The average Bonchev–Trinajstić information content (AvgIpc) is 3.15. The number of carbonyl (C=O) groups excluding carboxylic acids is 1. The van der Waals surface area contributed by atoms with E-state index in [1.807, 2.05) is 12.1 Å². The van der Waals surface area contributed by atoms with Crippen molar-refractivity contribution in [3.8, 4) is 17.4 Å². The molecule has 0 saturated heterocycles. The highest BCUT2D eigenvalue weighted by atomic mass is 16.6. The molecule has 0 aliphatic heterocycles. The molecule has 0 aliphatic carbocycles. The molecule has 0 bridgehead atoms. The van der Waals surface area contributed by atoms with E-state index in [1.165, 1.54) is 18.2 Å². The first kappa shape index (κ1) is 17.6. The average molecular weight is 359 g/mol. The molecule has 0 radical (unpaired) electrons. The number of anilines is 1. The number of nitrogens with one attached hydrogen (secondary N) is 1. The third-order valence-electron chi connectivity index (χ3n) is 3.65. The molecule has 1 N–H and O–H groups in total. The maximum Gasteiger partial charge on any atom is 0.270 e. The molecule has 7 heteroatoms. The third kappa shape index (κ3) is 4.27. The van der Waals surface area contributed by atoms with Crippen LogP contribution in [0.15, 0.2) is 76.7 Å². The second-order valence-electron chi connectivity index (χ2n) is 5.50. The van der Waals surface area contributed by atoms with Crippen molar-refractivity contribution < 1.29 is 14.1 Å². The molecule has 0 unspecified atom stereocenters. The molecule has 1 amide bonds. The summed E-state index contributed by atoms with van der Waals surface area (Å²) in [5, 5.41) is 22.8. The van der Waals surface area contributed by atoms with Gasteiger partial charge in [-0.25, -0.2) is 0 Å². The van der Waals surface area contributed by atoms with Crippen molar-refractivity contribution in [3.05, 3.63) is 88.2 Å². The molecule has 0 atom stereocenters. The number of furan rings is 1. The zero-order valence-electron chi connectivity index (χ0n) is 14.0. The number of rotatable bonds is 5. The number of hydrogen-bond donors (Lipinski definition) is 1. The van der Waals surface area contributed by atoms with E-state index in [4.69, 9.17) is 4.42 Å². The first-order valence-corrected chi connectivity index (χ1v) is 7.89. The summed E-state index contributed by atoms with van der Waals surface area (Å²) in [6.45, 7) is 0. The fraction of sp³-hybridized carbons (Fsp3) is 0. The Morgan fingerprint density at radius 1 is 1.11 bits per heavy atom. The van der Waals surface area contributed by atoms with Crippen molar-refractivity contribution in [2.24, 2.45) is 0 Å². The van der Waals surface area contributed by atoms with Crippen LogP contribution in [0.3, 0.4) is 0 Å². The van der Waals surface area contributed by atoms with Gasteiger partial charge in [0.05, 0.1) is 4.92 Å². The van der Waals surface area contributed by atoms with E-state index in [9.17, 15) is 20.2 Å². The monoisotopic (exact) mass is 359 g/mol. The molecule has 7 nitrogen and oxygen atoms in total. The van der Waals surface area contributed by atoms with Gasteiger partial charge >= 0.3 is 0 Å². The van der Waals surface area contributed by atoms with Crippen LogP contribution in [-0.4, -0.2) is 10.8 Å². The summed E-state index contributed by atoms with van der Waals surface area (Å²) < 4.78 is 5.61. The van der Waals surface area contributed by atoms with Crippen LogP contribution in [0.1, 0.15) is 5.76 Å². The second kappa shape index (κ2) is 7.80. The summed E-state index contributed by atoms with van der Waals surface area (Å²) in [6.07, 6.45) is 1.32. The number of nitro benzene ring substituents is 1. The lowest BCUT2D eigenvalue weighted by Gasteiger charge is -2.03. The van der Waals surface area contributed by atoms with E-state index in [-0.39, 0.29) is 17.0 Å². The van der Waals surface area contributed by atoms with Crippen molar-refractivity contribution in [3.63, 3.8) is 0 Å². The van der Waals surface area contributed by atoms with Gasteiger partial charge < -0.3 is 9.73 Å². The lowest BCUT2D eigenvalue weighted by atomic mass is 10.1. The number of nitriles is 1. The number of non-ortho nitro benzene ring substituents is 1. The Balaban J connectivity index is 1.82. The highest BCUT2D eigenvalue weighted by molar-refractivity contribution is 6.09. The largest absolute Gasteiger partial charge is 0.457 e. The van der Waals surface area contributed by atoms with Gasteiger partial charge in [0.2, 0.25) is 0 Å². The van der Waals surface area contributed by atoms with Crippen LogP contribution in [0.2, 0.25) is 0 Å². The highest BCUT2D eigenvalue weighted by Crippen LogP contribution is 2.26. The molecule has 3 aromatic rings. The third-order valence-corrected chi connectivity index (χ3v) is 3.65. The molecular weight excluding hydrogens is 346 g/mol. The van der Waals surface area contributed by atoms with Gasteiger partial charge in [-0.2, -0.15) is 5.26 Å². The minimum absolute atomic E-state index is 0.0547. The molecule has 1 heterocycles. The van der Waals surface area contributed by atoms with Crippen molar-refractivity contribution in [2.75, 3.05) is 5.32 Å². The Morgan fingerprint density at radius 3 is 2.59 bits per heavy atom. The number of nitro groups is 1. The number of benzene rings is 2. The molecule has 0 spiro atoms. The first-order valence-electron chi connectivity index (χ1n) is 7.89. The fourth-order valence-corrected chi connectivity index (χ4v) is 2.37. The molecule has 0 saturated carbocycles. The number of hydrogen-bond acceptors (Lipinski definition) is 5. The van der Waals surface area contributed by atoms with E-state index in [0.29, 0.717) is 17.0 Å². The topological polar surface area (TPSA) is 109 Å². The summed E-state index contributed by atoms with van der Waals surface area (Å²) in [5.74, 6) is 0.124. The van der Waals surface area contributed by atoms with Gasteiger partial charge in [0.25, 0.3) is 11.6 Å². The summed E-state index contributed by atoms with van der Waals surface area (Å²) in [6, 6.07) is 19.8. The molecule has 0 aliphatic rings. The van der Waals surface area contributed by atoms with Gasteiger partial charge in [0, 0.05) is 29.5 Å². The van der Waals surface area contributed by atoms with Gasteiger partial charge in [-0.15, -0.1) is 0 Å². The molecular formula is C20H13N3O4. The van der Waals surface area contributed by atoms with Gasteiger partial charge in [0.1, 0.15) is 23.2 Å². The summed E-state index contributed by atoms with van der Waals surface area (Å²) in [7, 11) is 0. The summed E-state index contributed by atoms with van der Waals surface area (Å²) >= 11 is 0. The highest BCUT2D eigenvalue weighted by Gasteiger charge is 2.13. The number of nitrogens with zero attached hydrogens (tertiary/aromatic N) is 2. The number of para-hydroxylation sites is 1. The molecule has 132 valence electrons. The molecule has 3 rings (SSSR count). The van der Waals surface area contributed by atoms with Crippen LogP contribution in [0.5, 0.6) is 0 Å². The Labute approximate surface area is 154 Å². The minimum atomic E-state index is -0.558. The van der Waals surface area contributed by atoms with Crippen LogP contribution in [-0.2, 0) is 4.79 Å². The van der Waals surface area contributed by atoms with Crippen molar-refractivity contribution in [1.82, 2.24) is 0 Å². The SMILES string of the molecule is N#C/C(=C\c1ccc(-c2cccc([N+](=O)[O-])c2)o1)C(=O)Nc1ccccc1. The van der Waals surface area contributed by atoms with Gasteiger partial charge in [0.15, 0.2) is 0 Å². The van der Waals surface area contributed by atoms with Crippen LogP contribution in [0, 0.1) is 21.4 Å². The maximum absolute atomic E-state index is 12.2. The van der Waals surface area contributed by atoms with Gasteiger partial charge in [-0.05, 0) is 24.3 Å². The molecule has 0 fully saturated rings. The zero-order valence-corrected chi connectivity index (χ0v) is 14.0. The molecule has 1 aromatic heterocycles. The second-order valence-corrected chi connectivity index (χ2v) is 5.50. The molecule has 27 heavy (non-hydrogen) atoms. The zero-order chi connectivity index (χ0) is 19.2. The Hall–Kier alpha value is -4.18. The van der Waals surface area contributed by atoms with Gasteiger partial charge in [-0.1, -0.05) is 30.3 Å². The maximum atomic E-state index is 12.2. The van der Waals surface area contributed by atoms with E-state index in [2.05, 4.69) is 5.32 Å². The first-order chi connectivity index (χ1) is 13.1. The van der Waals surface area contributed by atoms with E-state index < -0.39 is 10.8 Å². The van der Waals surface area contributed by atoms with Crippen molar-refractivity contribution in [2.45, 2.75) is 0 Å². The molecule has 2 aromatic carbocycles. The standard InChI is InChI=1S/C20H13N3O4/c21-13-15(20(24)22-16-6-2-1-3-7-16)12-18-9-10-19(27-18)14-5-4-8-17(11-14)23(25)26/h1-12H,(H,22,24)/b15-12+. The van der Waals surface area contributed by atoms with E-state index in [1.54, 1.807) is 48.5 Å². The van der Waals surface area contributed by atoms with E-state index >= 15 is 0 Å². The predicted octanol–water partition coefficient (Wildman–Crippen LogP) is 4.40. The summed E-state index contributed by atoms with van der Waals surface area (Å²) in [5.41, 5.74) is 0.913.